The number of likely N-dealkylation sites (tertiary alicyclic amines) is 1. The summed E-state index contributed by atoms with van der Waals surface area (Å²) < 4.78 is 101. The van der Waals surface area contributed by atoms with E-state index in [1.54, 1.807) is 4.72 Å². The lowest BCUT2D eigenvalue weighted by Crippen LogP contribution is -2.44. The number of alkyl halides is 5. The van der Waals surface area contributed by atoms with Gasteiger partial charge in [-0.05, 0) is 39.3 Å². The number of carboxylic acid groups (broad SMARTS) is 1. The van der Waals surface area contributed by atoms with Crippen LogP contribution in [0.3, 0.4) is 0 Å². The maximum atomic E-state index is 14.2. The maximum Gasteiger partial charge on any atom is 0.404 e. The van der Waals surface area contributed by atoms with Crippen LogP contribution < -0.4 is 4.72 Å². The van der Waals surface area contributed by atoms with Gasteiger partial charge in [0, 0.05) is 24.9 Å². The summed E-state index contributed by atoms with van der Waals surface area (Å²) in [6.45, 7) is 3.84. The molecule has 0 amide bonds. The predicted octanol–water partition coefficient (Wildman–Crippen LogP) is 6.67. The molecule has 0 radical (unpaired) electrons. The van der Waals surface area contributed by atoms with Gasteiger partial charge >= 0.3 is 12.1 Å². The van der Waals surface area contributed by atoms with Crippen LogP contribution in [0.5, 0.6) is 0 Å². The molecule has 0 bridgehead atoms. The highest BCUT2D eigenvalue weighted by atomic mass is 35.5. The minimum atomic E-state index is -4.85. The number of hydrogen-bond donors (Lipinski definition) is 2. The summed E-state index contributed by atoms with van der Waals surface area (Å²) in [6, 6.07) is -0.139. The number of piperidine rings is 1. The Morgan fingerprint density at radius 1 is 1.22 bits per heavy atom. The molecule has 1 aromatic carbocycles. The molecule has 2 N–H and O–H groups in total. The van der Waals surface area contributed by atoms with E-state index in [9.17, 15) is 40.3 Å². The van der Waals surface area contributed by atoms with Crippen LogP contribution in [0, 0.1) is 5.41 Å². The molecule has 0 aliphatic carbocycles. The maximum absolute atomic E-state index is 14.2. The van der Waals surface area contributed by atoms with Gasteiger partial charge in [0.25, 0.3) is 11.8 Å². The number of aliphatic carboxylic acids is 1. The first-order valence-corrected chi connectivity index (χ1v) is 16.5. The van der Waals surface area contributed by atoms with Crippen LogP contribution in [0.25, 0.3) is 21.3 Å². The number of sulfonamides is 1. The molecule has 0 spiro atoms. The number of hydrogen-bond acceptors (Lipinski definition) is 9. The van der Waals surface area contributed by atoms with Crippen LogP contribution in [0.4, 0.5) is 22.0 Å². The zero-order chi connectivity index (χ0) is 33.5. The average molecular weight is 721 g/mol. The second-order valence-electron chi connectivity index (χ2n) is 11.2. The molecule has 0 unspecified atom stereocenters. The lowest BCUT2D eigenvalue weighted by Gasteiger charge is -2.32. The Hall–Kier alpha value is -2.44. The van der Waals surface area contributed by atoms with Crippen molar-refractivity contribution in [2.45, 2.75) is 76.0 Å². The zero-order valence-electron chi connectivity index (χ0n) is 24.0. The third kappa shape index (κ3) is 8.11. The van der Waals surface area contributed by atoms with E-state index in [-0.39, 0.29) is 63.8 Å². The Balaban J connectivity index is 1.75. The van der Waals surface area contributed by atoms with E-state index in [4.69, 9.17) is 27.6 Å². The first-order chi connectivity index (χ1) is 20.7. The number of benzene rings is 1. The second kappa shape index (κ2) is 13.0. The van der Waals surface area contributed by atoms with E-state index < -0.39 is 62.4 Å². The van der Waals surface area contributed by atoms with Crippen molar-refractivity contribution in [3.63, 3.8) is 0 Å². The van der Waals surface area contributed by atoms with Crippen molar-refractivity contribution in [2.75, 3.05) is 13.1 Å². The summed E-state index contributed by atoms with van der Waals surface area (Å²) in [5.74, 6) is -4.09. The summed E-state index contributed by atoms with van der Waals surface area (Å²) in [5, 5.41) is 16.5. The van der Waals surface area contributed by atoms with Gasteiger partial charge in [-0.1, -0.05) is 36.2 Å². The average Bonchev–Trinajstić information content (AvgIpc) is 3.54. The molecule has 0 saturated carbocycles. The topological polar surface area (TPSA) is 139 Å². The van der Waals surface area contributed by atoms with Gasteiger partial charge in [-0.2, -0.15) is 17.9 Å². The van der Waals surface area contributed by atoms with Crippen molar-refractivity contribution >= 4 is 50.5 Å². The summed E-state index contributed by atoms with van der Waals surface area (Å²) in [7, 11) is -4.77. The summed E-state index contributed by atoms with van der Waals surface area (Å²) in [6.07, 6.45) is -5.56. The lowest BCUT2D eigenvalue weighted by atomic mass is 9.90. The van der Waals surface area contributed by atoms with Gasteiger partial charge in [-0.15, -0.1) is 21.5 Å². The van der Waals surface area contributed by atoms with Crippen LogP contribution in [0.15, 0.2) is 21.4 Å². The smallest absolute Gasteiger partial charge is 0.404 e. The number of thiazole rings is 1. The minimum Gasteiger partial charge on any atom is -0.481 e. The number of rotatable bonds is 11. The molecule has 1 aliphatic heterocycles. The summed E-state index contributed by atoms with van der Waals surface area (Å²) in [4.78, 5) is 17.1. The third-order valence-electron chi connectivity index (χ3n) is 7.05. The van der Waals surface area contributed by atoms with E-state index in [0.717, 1.165) is 17.4 Å². The van der Waals surface area contributed by atoms with Crippen LogP contribution in [-0.2, 0) is 27.8 Å². The Morgan fingerprint density at radius 2 is 1.91 bits per heavy atom. The quantitative estimate of drug-likeness (QED) is 0.208. The van der Waals surface area contributed by atoms with Crippen LogP contribution in [0.1, 0.15) is 51.6 Å². The number of carboxylic acids is 1. The first kappa shape index (κ1) is 35.4. The van der Waals surface area contributed by atoms with Gasteiger partial charge in [0.15, 0.2) is 5.01 Å². The molecule has 1 saturated heterocycles. The van der Waals surface area contributed by atoms with Crippen molar-refractivity contribution < 1.29 is 44.7 Å². The number of nitrogens with zero attached hydrogens (tertiary/aromatic N) is 4. The van der Waals surface area contributed by atoms with E-state index >= 15 is 0 Å². The fraction of sp³-hybridized carbons (Fsp3) is 0.538. The molecular weight excluding hydrogens is 692 g/mol. The van der Waals surface area contributed by atoms with E-state index in [2.05, 4.69) is 15.2 Å². The highest BCUT2D eigenvalue weighted by Gasteiger charge is 2.42. The van der Waals surface area contributed by atoms with Gasteiger partial charge in [-0.3, -0.25) is 9.69 Å². The SMILES string of the molecule is CC[C@H](NS(=O)(=O)c1ccc(-c2sc(-c3nnc(CC(C)(C)C(=O)O)o3)nc2CN2CCCC(F)(F)C2)c(Cl)c1Cl)C(F)(F)F. The molecule has 1 fully saturated rings. The van der Waals surface area contributed by atoms with Gasteiger partial charge in [0.1, 0.15) is 10.9 Å². The molecule has 248 valence electrons. The molecule has 2 aromatic heterocycles. The fourth-order valence-electron chi connectivity index (χ4n) is 4.57. The highest BCUT2D eigenvalue weighted by molar-refractivity contribution is 7.89. The molecule has 3 aromatic rings. The molecule has 10 nitrogen and oxygen atoms in total. The van der Waals surface area contributed by atoms with Crippen molar-refractivity contribution in [2.24, 2.45) is 5.41 Å². The molecule has 19 heteroatoms. The normalized spacial score (nSPS) is 17.0. The van der Waals surface area contributed by atoms with Gasteiger partial charge in [-0.25, -0.2) is 22.2 Å². The largest absolute Gasteiger partial charge is 0.481 e. The Kier molecular flexibility index (Phi) is 10.2. The molecule has 1 aliphatic rings. The Labute approximate surface area is 269 Å². The third-order valence-corrected chi connectivity index (χ3v) is 10.7. The van der Waals surface area contributed by atoms with E-state index in [1.165, 1.54) is 31.7 Å². The fourth-order valence-corrected chi connectivity index (χ4v) is 7.82. The van der Waals surface area contributed by atoms with E-state index in [1.807, 2.05) is 0 Å². The monoisotopic (exact) mass is 719 g/mol. The minimum absolute atomic E-state index is 0.0127. The molecule has 45 heavy (non-hydrogen) atoms. The number of nitrogens with one attached hydrogen (secondary N) is 1. The summed E-state index contributed by atoms with van der Waals surface area (Å²) >= 11 is 13.8. The zero-order valence-corrected chi connectivity index (χ0v) is 27.2. The molecule has 1 atom stereocenters. The van der Waals surface area contributed by atoms with Crippen LogP contribution in [0.2, 0.25) is 10.0 Å². The molecule has 4 rings (SSSR count). The number of carbonyl (C=O) groups is 1. The van der Waals surface area contributed by atoms with E-state index in [0.29, 0.717) is 6.54 Å². The molecule has 3 heterocycles. The first-order valence-electron chi connectivity index (χ1n) is 13.5. The second-order valence-corrected chi connectivity index (χ2v) is 14.6. The number of aromatic nitrogens is 3. The summed E-state index contributed by atoms with van der Waals surface area (Å²) in [5.41, 5.74) is -0.841. The van der Waals surface area contributed by atoms with Gasteiger partial charge in [0.05, 0.1) is 32.6 Å². The van der Waals surface area contributed by atoms with Crippen molar-refractivity contribution in [3.8, 4) is 21.3 Å². The predicted molar refractivity (Wildman–Crippen MR) is 156 cm³/mol. The van der Waals surface area contributed by atoms with Gasteiger partial charge in [0.2, 0.25) is 15.9 Å². The molecular formula is C26H28Cl2F5N5O5S2. The van der Waals surface area contributed by atoms with Crippen molar-refractivity contribution in [1.29, 1.82) is 0 Å². The van der Waals surface area contributed by atoms with Crippen molar-refractivity contribution in [3.05, 3.63) is 33.8 Å². The Morgan fingerprint density at radius 3 is 2.51 bits per heavy atom. The van der Waals surface area contributed by atoms with Crippen molar-refractivity contribution in [1.82, 2.24) is 24.8 Å². The number of halogens is 7. The van der Waals surface area contributed by atoms with Gasteiger partial charge < -0.3 is 9.52 Å². The highest BCUT2D eigenvalue weighted by Crippen LogP contribution is 2.44. The van der Waals surface area contributed by atoms with Crippen LogP contribution >= 0.6 is 34.5 Å². The van der Waals surface area contributed by atoms with Crippen LogP contribution in [-0.4, -0.2) is 70.8 Å². The Bertz CT molecular complexity index is 1680. The lowest BCUT2D eigenvalue weighted by molar-refractivity contribution is -0.151. The standard InChI is InChI=1S/C26H28Cl2F5N5O5S2/c1-4-16(26(31,32)33)37-45(41,42)15-7-6-13(18(27)19(15)28)20-14(11-38-9-5-8-25(29,30)12-38)34-22(44-20)21-36-35-17(43-21)10-24(2,3)23(39)40/h6-7,16,37H,4-5,8-12H2,1-3H3,(H,39,40)/t16-/m0/s1.